The zero-order valence-electron chi connectivity index (χ0n) is 11.2. The monoisotopic (exact) mass is 300 g/mol. The van der Waals surface area contributed by atoms with E-state index in [2.05, 4.69) is 5.32 Å². The minimum Gasteiger partial charge on any atom is -0.480 e. The molecule has 1 unspecified atom stereocenters. The molecule has 0 radical (unpaired) electrons. The van der Waals surface area contributed by atoms with Crippen LogP contribution in [0.4, 0.5) is 19.3 Å². The Hall–Kier alpha value is -2.22. The Labute approximate surface area is 119 Å². The van der Waals surface area contributed by atoms with Gasteiger partial charge >= 0.3 is 12.0 Å². The molecule has 1 saturated heterocycles. The normalized spacial score (nSPS) is 18.4. The summed E-state index contributed by atoms with van der Waals surface area (Å²) in [7, 11) is 0. The number of nitrogens with one attached hydrogen (secondary N) is 1. The second-order valence-electron chi connectivity index (χ2n) is 4.63. The zero-order chi connectivity index (χ0) is 15.6. The SMILES string of the molecule is Cc1cc(F)c(NC(=O)N2CCOCC2C(=O)O)cc1F. The lowest BCUT2D eigenvalue weighted by atomic mass is 10.2. The lowest BCUT2D eigenvalue weighted by Crippen LogP contribution is -2.54. The Kier molecular flexibility index (Phi) is 4.37. The van der Waals surface area contributed by atoms with Gasteiger partial charge in [-0.1, -0.05) is 0 Å². The van der Waals surface area contributed by atoms with Gasteiger partial charge in [0.25, 0.3) is 0 Å². The number of carbonyl (C=O) groups is 2. The van der Waals surface area contributed by atoms with Crippen molar-refractivity contribution in [2.24, 2.45) is 0 Å². The predicted octanol–water partition coefficient (Wildman–Crippen LogP) is 1.59. The molecule has 1 atom stereocenters. The van der Waals surface area contributed by atoms with Crippen LogP contribution in [-0.4, -0.2) is 47.8 Å². The minimum absolute atomic E-state index is 0.0543. The first kappa shape index (κ1) is 15.2. The molecule has 0 aromatic heterocycles. The fourth-order valence-electron chi connectivity index (χ4n) is 1.98. The lowest BCUT2D eigenvalue weighted by molar-refractivity contribution is -0.147. The van der Waals surface area contributed by atoms with Crippen LogP contribution in [0, 0.1) is 18.6 Å². The molecule has 21 heavy (non-hydrogen) atoms. The topological polar surface area (TPSA) is 78.9 Å². The van der Waals surface area contributed by atoms with Crippen LogP contribution in [0.15, 0.2) is 12.1 Å². The number of aliphatic carboxylic acids is 1. The fourth-order valence-corrected chi connectivity index (χ4v) is 1.98. The number of ether oxygens (including phenoxy) is 1. The van der Waals surface area contributed by atoms with Gasteiger partial charge in [0.2, 0.25) is 0 Å². The summed E-state index contributed by atoms with van der Waals surface area (Å²) >= 11 is 0. The first-order chi connectivity index (χ1) is 9.90. The van der Waals surface area contributed by atoms with Crippen molar-refractivity contribution < 1.29 is 28.2 Å². The predicted molar refractivity (Wildman–Crippen MR) is 69.1 cm³/mol. The maximum atomic E-state index is 13.7. The molecule has 0 spiro atoms. The maximum Gasteiger partial charge on any atom is 0.328 e. The van der Waals surface area contributed by atoms with Gasteiger partial charge in [-0.25, -0.2) is 18.4 Å². The second-order valence-corrected chi connectivity index (χ2v) is 4.63. The molecule has 2 rings (SSSR count). The molecule has 6 nitrogen and oxygen atoms in total. The summed E-state index contributed by atoms with van der Waals surface area (Å²) < 4.78 is 32.1. The number of carboxylic acid groups (broad SMARTS) is 1. The van der Waals surface area contributed by atoms with E-state index in [1.807, 2.05) is 0 Å². The minimum atomic E-state index is -1.22. The van der Waals surface area contributed by atoms with Crippen LogP contribution in [-0.2, 0) is 9.53 Å². The lowest BCUT2D eigenvalue weighted by Gasteiger charge is -2.32. The number of carbonyl (C=O) groups excluding carboxylic acids is 1. The van der Waals surface area contributed by atoms with Crippen molar-refractivity contribution in [3.05, 3.63) is 29.3 Å². The zero-order valence-corrected chi connectivity index (χ0v) is 11.2. The Morgan fingerprint density at radius 1 is 1.38 bits per heavy atom. The van der Waals surface area contributed by atoms with E-state index in [-0.39, 0.29) is 31.0 Å². The van der Waals surface area contributed by atoms with Crippen molar-refractivity contribution >= 4 is 17.7 Å². The molecule has 8 heteroatoms. The summed E-state index contributed by atoms with van der Waals surface area (Å²) in [6.07, 6.45) is 0. The molecule has 0 bridgehead atoms. The van der Waals surface area contributed by atoms with Crippen LogP contribution in [0.25, 0.3) is 0 Å². The van der Waals surface area contributed by atoms with Gasteiger partial charge in [-0.3, -0.25) is 0 Å². The number of benzene rings is 1. The highest BCUT2D eigenvalue weighted by Gasteiger charge is 2.33. The number of hydrogen-bond acceptors (Lipinski definition) is 3. The second kappa shape index (κ2) is 6.04. The van der Waals surface area contributed by atoms with Gasteiger partial charge in [0, 0.05) is 12.6 Å². The molecule has 1 heterocycles. The third kappa shape index (κ3) is 3.27. The van der Waals surface area contributed by atoms with Gasteiger partial charge in [-0.2, -0.15) is 0 Å². The highest BCUT2D eigenvalue weighted by molar-refractivity contribution is 5.92. The van der Waals surface area contributed by atoms with E-state index >= 15 is 0 Å². The highest BCUT2D eigenvalue weighted by atomic mass is 19.1. The van der Waals surface area contributed by atoms with Crippen LogP contribution in [0.1, 0.15) is 5.56 Å². The summed E-state index contributed by atoms with van der Waals surface area (Å²) in [5.41, 5.74) is -0.223. The number of nitrogens with zero attached hydrogens (tertiary/aromatic N) is 1. The number of morpholine rings is 1. The van der Waals surface area contributed by atoms with Crippen molar-refractivity contribution in [2.45, 2.75) is 13.0 Å². The molecule has 2 N–H and O–H groups in total. The number of anilines is 1. The van der Waals surface area contributed by atoms with Gasteiger partial charge in [0.15, 0.2) is 6.04 Å². The number of rotatable bonds is 2. The van der Waals surface area contributed by atoms with E-state index in [0.717, 1.165) is 17.0 Å². The standard InChI is InChI=1S/C13H14F2N2O4/c1-7-4-9(15)10(5-8(7)14)16-13(20)17-2-3-21-6-11(17)12(18)19/h4-5,11H,2-3,6H2,1H3,(H,16,20)(H,18,19). The Bertz CT molecular complexity index is 580. The van der Waals surface area contributed by atoms with Gasteiger partial charge in [0.05, 0.1) is 18.9 Å². The number of amides is 2. The van der Waals surface area contributed by atoms with Crippen molar-refractivity contribution in [2.75, 3.05) is 25.1 Å². The summed E-state index contributed by atoms with van der Waals surface area (Å²) in [6, 6.07) is -0.150. The molecule has 1 aromatic carbocycles. The molecule has 0 aliphatic carbocycles. The number of carboxylic acids is 1. The van der Waals surface area contributed by atoms with Gasteiger partial charge in [-0.15, -0.1) is 0 Å². The number of halogens is 2. The Morgan fingerprint density at radius 2 is 2.10 bits per heavy atom. The first-order valence-electron chi connectivity index (χ1n) is 6.24. The first-order valence-corrected chi connectivity index (χ1v) is 6.24. The molecule has 2 amide bonds. The Morgan fingerprint density at radius 3 is 2.76 bits per heavy atom. The average Bonchev–Trinajstić information content (AvgIpc) is 2.44. The summed E-state index contributed by atoms with van der Waals surface area (Å²) in [6.45, 7) is 1.49. The molecule has 1 aromatic rings. The third-order valence-electron chi connectivity index (χ3n) is 3.16. The van der Waals surface area contributed by atoms with Gasteiger partial charge in [0.1, 0.15) is 11.6 Å². The van der Waals surface area contributed by atoms with Crippen LogP contribution < -0.4 is 5.32 Å². The molecule has 1 aliphatic heterocycles. The van der Waals surface area contributed by atoms with Crippen molar-refractivity contribution in [3.8, 4) is 0 Å². The number of aryl methyl sites for hydroxylation is 1. The molecular formula is C13H14F2N2O4. The molecule has 1 fully saturated rings. The van der Waals surface area contributed by atoms with Gasteiger partial charge in [-0.05, 0) is 18.6 Å². The van der Waals surface area contributed by atoms with E-state index in [4.69, 9.17) is 9.84 Å². The smallest absolute Gasteiger partial charge is 0.328 e. The largest absolute Gasteiger partial charge is 0.480 e. The summed E-state index contributed by atoms with van der Waals surface area (Å²) in [5.74, 6) is -2.67. The number of hydrogen-bond donors (Lipinski definition) is 2. The molecule has 1 aliphatic rings. The van der Waals surface area contributed by atoms with E-state index < -0.39 is 29.7 Å². The van der Waals surface area contributed by atoms with E-state index in [0.29, 0.717) is 0 Å². The molecule has 114 valence electrons. The number of urea groups is 1. The van der Waals surface area contributed by atoms with Crippen molar-refractivity contribution in [3.63, 3.8) is 0 Å². The van der Waals surface area contributed by atoms with E-state index in [9.17, 15) is 18.4 Å². The molecule has 0 saturated carbocycles. The van der Waals surface area contributed by atoms with Crippen molar-refractivity contribution in [1.29, 1.82) is 0 Å². The Balaban J connectivity index is 2.17. The van der Waals surface area contributed by atoms with E-state index in [1.165, 1.54) is 6.92 Å². The maximum absolute atomic E-state index is 13.7. The summed E-state index contributed by atoms with van der Waals surface area (Å²) in [4.78, 5) is 24.1. The average molecular weight is 300 g/mol. The van der Waals surface area contributed by atoms with E-state index in [1.54, 1.807) is 0 Å². The summed E-state index contributed by atoms with van der Waals surface area (Å²) in [5, 5.41) is 11.2. The molecular weight excluding hydrogens is 286 g/mol. The quantitative estimate of drug-likeness (QED) is 0.869. The third-order valence-corrected chi connectivity index (χ3v) is 3.16. The van der Waals surface area contributed by atoms with Gasteiger partial charge < -0.3 is 20.1 Å². The highest BCUT2D eigenvalue weighted by Crippen LogP contribution is 2.20. The van der Waals surface area contributed by atoms with Crippen molar-refractivity contribution in [1.82, 2.24) is 4.90 Å². The van der Waals surface area contributed by atoms with Crippen LogP contribution in [0.2, 0.25) is 0 Å². The van der Waals surface area contributed by atoms with Crippen LogP contribution in [0.5, 0.6) is 0 Å². The van der Waals surface area contributed by atoms with Crippen LogP contribution >= 0.6 is 0 Å². The van der Waals surface area contributed by atoms with Crippen LogP contribution in [0.3, 0.4) is 0 Å². The fraction of sp³-hybridized carbons (Fsp3) is 0.385.